The lowest BCUT2D eigenvalue weighted by molar-refractivity contribution is 0.0950. The number of piperidine rings is 1. The molecule has 1 amide bonds. The normalized spacial score (nSPS) is 16.6. The lowest BCUT2D eigenvalue weighted by atomic mass is 10.1. The highest BCUT2D eigenvalue weighted by atomic mass is 32.2. The number of aryl methyl sites for hydroxylation is 1. The molecule has 1 N–H and O–H groups in total. The van der Waals surface area contributed by atoms with Gasteiger partial charge in [0.15, 0.2) is 0 Å². The molecule has 1 aliphatic rings. The summed E-state index contributed by atoms with van der Waals surface area (Å²) >= 11 is 0. The molecular weight excluding hydrogens is 462 g/mol. The first-order valence-corrected chi connectivity index (χ1v) is 13.3. The Kier molecular flexibility index (Phi) is 7.83. The van der Waals surface area contributed by atoms with Crippen molar-refractivity contribution in [2.24, 2.45) is 0 Å². The van der Waals surface area contributed by atoms with Crippen molar-refractivity contribution in [1.29, 1.82) is 0 Å². The largest absolute Gasteiger partial charge is 0.489 e. The minimum absolute atomic E-state index is 0.0383. The maximum atomic E-state index is 13.2. The Bertz CT molecular complexity index is 1260. The number of nitrogens with one attached hydrogen (secondary N) is 1. The van der Waals surface area contributed by atoms with Gasteiger partial charge in [0.2, 0.25) is 10.0 Å². The summed E-state index contributed by atoms with van der Waals surface area (Å²) in [5.41, 5.74) is 2.99. The van der Waals surface area contributed by atoms with Gasteiger partial charge in [-0.3, -0.25) is 9.78 Å². The maximum absolute atomic E-state index is 13.2. The number of rotatable bonds is 8. The Balaban J connectivity index is 1.39. The fourth-order valence-electron chi connectivity index (χ4n) is 4.20. The third-order valence-electron chi connectivity index (χ3n) is 6.31. The molecule has 1 aliphatic heterocycles. The van der Waals surface area contributed by atoms with Crippen LogP contribution in [0.2, 0.25) is 0 Å². The second-order valence-corrected chi connectivity index (χ2v) is 10.8. The smallest absolute Gasteiger partial charge is 0.251 e. The zero-order valence-electron chi connectivity index (χ0n) is 20.1. The molecule has 0 bridgehead atoms. The minimum atomic E-state index is -3.65. The molecule has 184 valence electrons. The second kappa shape index (κ2) is 11.0. The molecule has 0 radical (unpaired) electrons. The van der Waals surface area contributed by atoms with Gasteiger partial charge in [-0.25, -0.2) is 8.42 Å². The summed E-state index contributed by atoms with van der Waals surface area (Å²) in [5.74, 6) is 0.424. The van der Waals surface area contributed by atoms with Crippen LogP contribution in [0.15, 0.2) is 71.9 Å². The summed E-state index contributed by atoms with van der Waals surface area (Å²) in [7, 11) is -3.65. The number of pyridine rings is 1. The SMILES string of the molecule is Cc1ccc(S(=O)(=O)N2CCCCC2C)cc1C(=O)NCc1ccc(OCc2cccnc2)cc1. The molecule has 7 nitrogen and oxygen atoms in total. The lowest BCUT2D eigenvalue weighted by Gasteiger charge is -2.32. The van der Waals surface area contributed by atoms with Gasteiger partial charge in [0.05, 0.1) is 4.90 Å². The average molecular weight is 494 g/mol. The number of hydrogen-bond acceptors (Lipinski definition) is 5. The van der Waals surface area contributed by atoms with Gasteiger partial charge < -0.3 is 10.1 Å². The number of hydrogen-bond donors (Lipinski definition) is 1. The van der Waals surface area contributed by atoms with E-state index in [0.717, 1.165) is 41.7 Å². The van der Waals surface area contributed by atoms with Crippen molar-refractivity contribution >= 4 is 15.9 Å². The summed E-state index contributed by atoms with van der Waals surface area (Å²) < 4.78 is 33.8. The minimum Gasteiger partial charge on any atom is -0.489 e. The topological polar surface area (TPSA) is 88.6 Å². The van der Waals surface area contributed by atoms with Crippen molar-refractivity contribution in [2.45, 2.75) is 57.2 Å². The van der Waals surface area contributed by atoms with Crippen LogP contribution in [0.4, 0.5) is 0 Å². The van der Waals surface area contributed by atoms with E-state index < -0.39 is 10.0 Å². The van der Waals surface area contributed by atoms with Gasteiger partial charge in [0.25, 0.3) is 5.91 Å². The van der Waals surface area contributed by atoms with Crippen molar-refractivity contribution < 1.29 is 17.9 Å². The van der Waals surface area contributed by atoms with Crippen LogP contribution in [0.3, 0.4) is 0 Å². The molecule has 1 unspecified atom stereocenters. The number of sulfonamides is 1. The average Bonchev–Trinajstić information content (AvgIpc) is 2.87. The summed E-state index contributed by atoms with van der Waals surface area (Å²) in [5, 5.41) is 2.90. The van der Waals surface area contributed by atoms with E-state index >= 15 is 0 Å². The fourth-order valence-corrected chi connectivity index (χ4v) is 5.93. The first-order valence-electron chi connectivity index (χ1n) is 11.9. The number of benzene rings is 2. The molecule has 1 aromatic heterocycles. The zero-order valence-corrected chi connectivity index (χ0v) is 20.9. The summed E-state index contributed by atoms with van der Waals surface area (Å²) in [6.07, 6.45) is 6.23. The fraction of sp³-hybridized carbons (Fsp3) is 0.333. The maximum Gasteiger partial charge on any atom is 0.251 e. The van der Waals surface area contributed by atoms with Gasteiger partial charge in [-0.15, -0.1) is 0 Å². The van der Waals surface area contributed by atoms with Gasteiger partial charge in [-0.05, 0) is 68.1 Å². The van der Waals surface area contributed by atoms with Gasteiger partial charge >= 0.3 is 0 Å². The third kappa shape index (κ3) is 6.07. The van der Waals surface area contributed by atoms with Crippen LogP contribution in [-0.2, 0) is 23.2 Å². The van der Waals surface area contributed by atoms with Crippen LogP contribution in [0.5, 0.6) is 5.75 Å². The molecule has 2 heterocycles. The molecule has 8 heteroatoms. The number of ether oxygens (including phenoxy) is 1. The van der Waals surface area contributed by atoms with Crippen molar-refractivity contribution in [3.63, 3.8) is 0 Å². The predicted octanol–water partition coefficient (Wildman–Crippen LogP) is 4.46. The van der Waals surface area contributed by atoms with Crippen LogP contribution in [0, 0.1) is 6.92 Å². The van der Waals surface area contributed by atoms with Gasteiger partial charge in [0, 0.05) is 42.7 Å². The van der Waals surface area contributed by atoms with Crippen molar-refractivity contribution in [1.82, 2.24) is 14.6 Å². The van der Waals surface area contributed by atoms with Gasteiger partial charge in [-0.2, -0.15) is 4.31 Å². The Morgan fingerprint density at radius 1 is 1.11 bits per heavy atom. The number of carbonyl (C=O) groups excluding carboxylic acids is 1. The second-order valence-electron chi connectivity index (χ2n) is 8.91. The molecule has 3 aromatic rings. The van der Waals surface area contributed by atoms with Crippen LogP contribution in [0.1, 0.15) is 53.2 Å². The van der Waals surface area contributed by atoms with E-state index in [4.69, 9.17) is 4.74 Å². The third-order valence-corrected chi connectivity index (χ3v) is 8.32. The van der Waals surface area contributed by atoms with Crippen molar-refractivity contribution in [3.05, 3.63) is 89.2 Å². The van der Waals surface area contributed by atoms with Crippen LogP contribution in [-0.4, -0.2) is 36.2 Å². The van der Waals surface area contributed by atoms with E-state index in [2.05, 4.69) is 10.3 Å². The molecule has 4 rings (SSSR count). The highest BCUT2D eigenvalue weighted by molar-refractivity contribution is 7.89. The summed E-state index contributed by atoms with van der Waals surface area (Å²) in [4.78, 5) is 17.2. The van der Waals surface area contributed by atoms with E-state index in [-0.39, 0.29) is 16.8 Å². The van der Waals surface area contributed by atoms with Crippen molar-refractivity contribution in [2.75, 3.05) is 6.54 Å². The number of carbonyl (C=O) groups is 1. The van der Waals surface area contributed by atoms with Crippen molar-refractivity contribution in [3.8, 4) is 5.75 Å². The molecule has 35 heavy (non-hydrogen) atoms. The first kappa shape index (κ1) is 24.9. The van der Waals surface area contributed by atoms with Gasteiger partial charge in [0.1, 0.15) is 12.4 Å². The quantitative estimate of drug-likeness (QED) is 0.500. The van der Waals surface area contributed by atoms with E-state index in [1.165, 1.54) is 6.07 Å². The number of nitrogens with zero attached hydrogens (tertiary/aromatic N) is 2. The van der Waals surface area contributed by atoms with E-state index in [1.807, 2.05) is 50.2 Å². The molecule has 1 fully saturated rings. The zero-order chi connectivity index (χ0) is 24.8. The summed E-state index contributed by atoms with van der Waals surface area (Å²) in [6, 6.07) is 16.1. The number of amides is 1. The highest BCUT2D eigenvalue weighted by Crippen LogP contribution is 2.26. The lowest BCUT2D eigenvalue weighted by Crippen LogP contribution is -2.42. The standard InChI is InChI=1S/C27H31N3O4S/c1-20-8-13-25(35(32,33)30-15-4-3-6-21(30)2)16-26(20)27(31)29-18-22-9-11-24(12-10-22)34-19-23-7-5-14-28-17-23/h5,7-14,16-17,21H,3-4,6,15,18-19H2,1-2H3,(H,29,31). The van der Waals surface area contributed by atoms with E-state index in [1.54, 1.807) is 28.8 Å². The highest BCUT2D eigenvalue weighted by Gasteiger charge is 2.31. The molecule has 0 saturated carbocycles. The molecule has 2 aromatic carbocycles. The number of aromatic nitrogens is 1. The Hall–Kier alpha value is -3.23. The Morgan fingerprint density at radius 2 is 1.91 bits per heavy atom. The Morgan fingerprint density at radius 3 is 2.63 bits per heavy atom. The van der Waals surface area contributed by atoms with Gasteiger partial charge in [-0.1, -0.05) is 30.7 Å². The molecular formula is C27H31N3O4S. The van der Waals surface area contributed by atoms with Crippen LogP contribution >= 0.6 is 0 Å². The van der Waals surface area contributed by atoms with Crippen LogP contribution < -0.4 is 10.1 Å². The Labute approximate surface area is 207 Å². The predicted molar refractivity (Wildman–Crippen MR) is 135 cm³/mol. The molecule has 1 atom stereocenters. The first-order chi connectivity index (χ1) is 16.8. The molecule has 1 saturated heterocycles. The van der Waals surface area contributed by atoms with E-state index in [0.29, 0.717) is 25.3 Å². The van der Waals surface area contributed by atoms with E-state index in [9.17, 15) is 13.2 Å². The van der Waals surface area contributed by atoms with Crippen LogP contribution in [0.25, 0.3) is 0 Å². The monoisotopic (exact) mass is 493 g/mol. The molecule has 0 aliphatic carbocycles. The summed E-state index contributed by atoms with van der Waals surface area (Å²) in [6.45, 7) is 5.01. The molecule has 0 spiro atoms.